The minimum absolute atomic E-state index is 0.369. The first-order chi connectivity index (χ1) is 9.17. The lowest BCUT2D eigenvalue weighted by Gasteiger charge is -1.98. The van der Waals surface area contributed by atoms with E-state index < -0.39 is 0 Å². The molecule has 0 aliphatic heterocycles. The van der Waals surface area contributed by atoms with Crippen molar-refractivity contribution in [2.24, 2.45) is 0 Å². The van der Waals surface area contributed by atoms with E-state index in [2.05, 4.69) is 9.72 Å². The Kier molecular flexibility index (Phi) is 3.00. The quantitative estimate of drug-likeness (QED) is 0.679. The predicted molar refractivity (Wildman–Crippen MR) is 74.9 cm³/mol. The molecule has 3 aromatic rings. The van der Waals surface area contributed by atoms with Gasteiger partial charge in [-0.15, -0.1) is 11.3 Å². The maximum Gasteiger partial charge on any atom is 0.338 e. The molecule has 0 aromatic carbocycles. The molecule has 0 amide bonds. The first-order valence-electron chi connectivity index (χ1n) is 5.50. The average molecular weight is 293 g/mol. The second kappa shape index (κ2) is 4.68. The number of nitrogens with zero attached hydrogens (tertiary/aromatic N) is 2. The van der Waals surface area contributed by atoms with Gasteiger partial charge in [0.1, 0.15) is 5.65 Å². The van der Waals surface area contributed by atoms with Crippen molar-refractivity contribution < 1.29 is 9.53 Å². The standard InChI is InChI=1S/C13H9ClN2O2S/c1-18-13(17)8-4-5-16-7-9(15-12(16)6-8)10-2-3-11(14)19-10/h2-7H,1H3. The van der Waals surface area contributed by atoms with Crippen LogP contribution in [0, 0.1) is 0 Å². The van der Waals surface area contributed by atoms with E-state index in [4.69, 9.17) is 11.6 Å². The molecule has 0 spiro atoms. The van der Waals surface area contributed by atoms with Crippen LogP contribution in [0.3, 0.4) is 0 Å². The zero-order chi connectivity index (χ0) is 13.4. The number of carbonyl (C=O) groups excluding carboxylic acids is 1. The largest absolute Gasteiger partial charge is 0.465 e. The monoisotopic (exact) mass is 292 g/mol. The van der Waals surface area contributed by atoms with Gasteiger partial charge in [-0.25, -0.2) is 9.78 Å². The van der Waals surface area contributed by atoms with Crippen molar-refractivity contribution in [2.45, 2.75) is 0 Å². The molecule has 0 atom stereocenters. The minimum atomic E-state index is -0.369. The number of ether oxygens (including phenoxy) is 1. The summed E-state index contributed by atoms with van der Waals surface area (Å²) < 4.78 is 7.27. The predicted octanol–water partition coefficient (Wildman–Crippen LogP) is 3.50. The number of rotatable bonds is 2. The van der Waals surface area contributed by atoms with E-state index in [1.54, 1.807) is 18.3 Å². The van der Waals surface area contributed by atoms with E-state index in [1.807, 2.05) is 22.7 Å². The van der Waals surface area contributed by atoms with E-state index >= 15 is 0 Å². The summed E-state index contributed by atoms with van der Waals surface area (Å²) in [5.41, 5.74) is 2.01. The topological polar surface area (TPSA) is 43.6 Å². The van der Waals surface area contributed by atoms with Gasteiger partial charge in [-0.05, 0) is 24.3 Å². The Bertz CT molecular complexity index is 763. The summed E-state index contributed by atoms with van der Waals surface area (Å²) >= 11 is 7.39. The van der Waals surface area contributed by atoms with Crippen LogP contribution in [0.4, 0.5) is 0 Å². The third-order valence-electron chi connectivity index (χ3n) is 2.71. The minimum Gasteiger partial charge on any atom is -0.465 e. The van der Waals surface area contributed by atoms with Crippen LogP contribution >= 0.6 is 22.9 Å². The van der Waals surface area contributed by atoms with Crippen molar-refractivity contribution in [1.29, 1.82) is 0 Å². The molecule has 96 valence electrons. The number of halogens is 1. The van der Waals surface area contributed by atoms with E-state index in [1.165, 1.54) is 18.4 Å². The third kappa shape index (κ3) is 2.22. The molecule has 19 heavy (non-hydrogen) atoms. The molecule has 3 heterocycles. The molecule has 0 unspecified atom stereocenters. The van der Waals surface area contributed by atoms with Crippen molar-refractivity contribution in [3.8, 4) is 10.6 Å². The first-order valence-corrected chi connectivity index (χ1v) is 6.69. The summed E-state index contributed by atoms with van der Waals surface area (Å²) in [5.74, 6) is -0.369. The molecule has 0 radical (unpaired) electrons. The Balaban J connectivity index is 2.08. The molecule has 0 aliphatic rings. The number of esters is 1. The molecule has 6 heteroatoms. The molecule has 0 saturated heterocycles. The lowest BCUT2D eigenvalue weighted by Crippen LogP contribution is -2.01. The molecule has 0 bridgehead atoms. The van der Waals surface area contributed by atoms with Gasteiger partial charge in [0.15, 0.2) is 0 Å². The van der Waals surface area contributed by atoms with Gasteiger partial charge in [0.25, 0.3) is 0 Å². The fourth-order valence-corrected chi connectivity index (χ4v) is 2.79. The van der Waals surface area contributed by atoms with Crippen LogP contribution in [0.2, 0.25) is 4.34 Å². The maximum atomic E-state index is 11.5. The van der Waals surface area contributed by atoms with Gasteiger partial charge in [-0.1, -0.05) is 11.6 Å². The second-order valence-corrected chi connectivity index (χ2v) is 5.62. The zero-order valence-electron chi connectivity index (χ0n) is 9.96. The highest BCUT2D eigenvalue weighted by Gasteiger charge is 2.10. The molecule has 0 saturated carbocycles. The summed E-state index contributed by atoms with van der Waals surface area (Å²) in [6.07, 6.45) is 3.69. The van der Waals surface area contributed by atoms with E-state index in [0.29, 0.717) is 11.2 Å². The zero-order valence-corrected chi connectivity index (χ0v) is 11.5. The van der Waals surface area contributed by atoms with Gasteiger partial charge in [0.05, 0.1) is 27.6 Å². The number of hydrogen-bond donors (Lipinski definition) is 0. The van der Waals surface area contributed by atoms with E-state index in [-0.39, 0.29) is 5.97 Å². The molecule has 0 aliphatic carbocycles. The molecular formula is C13H9ClN2O2S. The summed E-state index contributed by atoms with van der Waals surface area (Å²) in [6, 6.07) is 7.16. The van der Waals surface area contributed by atoms with Crippen molar-refractivity contribution >= 4 is 34.6 Å². The van der Waals surface area contributed by atoms with Crippen LogP contribution in [-0.2, 0) is 4.74 Å². The highest BCUT2D eigenvalue weighted by atomic mass is 35.5. The number of aromatic nitrogens is 2. The number of pyridine rings is 1. The van der Waals surface area contributed by atoms with Crippen LogP contribution in [0.25, 0.3) is 16.2 Å². The maximum absolute atomic E-state index is 11.5. The van der Waals surface area contributed by atoms with Crippen LogP contribution in [0.15, 0.2) is 36.7 Å². The molecule has 3 aromatic heterocycles. The Morgan fingerprint density at radius 2 is 2.26 bits per heavy atom. The fraction of sp³-hybridized carbons (Fsp3) is 0.0769. The van der Waals surface area contributed by atoms with Crippen molar-refractivity contribution in [3.05, 3.63) is 46.6 Å². The number of methoxy groups -OCH3 is 1. The van der Waals surface area contributed by atoms with Crippen LogP contribution in [0.5, 0.6) is 0 Å². The Hall–Kier alpha value is -1.85. The highest BCUT2D eigenvalue weighted by Crippen LogP contribution is 2.30. The number of imidazole rings is 1. The Morgan fingerprint density at radius 1 is 1.42 bits per heavy atom. The van der Waals surface area contributed by atoms with E-state index in [9.17, 15) is 4.79 Å². The fourth-order valence-electron chi connectivity index (χ4n) is 1.80. The van der Waals surface area contributed by atoms with Crippen LogP contribution in [-0.4, -0.2) is 22.5 Å². The van der Waals surface area contributed by atoms with Gasteiger partial charge in [-0.3, -0.25) is 0 Å². The van der Waals surface area contributed by atoms with Crippen molar-refractivity contribution in [3.63, 3.8) is 0 Å². The lowest BCUT2D eigenvalue weighted by molar-refractivity contribution is 0.0600. The SMILES string of the molecule is COC(=O)c1ccn2cc(-c3ccc(Cl)s3)nc2c1. The van der Waals surface area contributed by atoms with Crippen molar-refractivity contribution in [2.75, 3.05) is 7.11 Å². The first kappa shape index (κ1) is 12.2. The smallest absolute Gasteiger partial charge is 0.338 e. The summed E-state index contributed by atoms with van der Waals surface area (Å²) in [5, 5.41) is 0. The summed E-state index contributed by atoms with van der Waals surface area (Å²) in [4.78, 5) is 16.9. The normalized spacial score (nSPS) is 10.8. The van der Waals surface area contributed by atoms with Crippen LogP contribution in [0.1, 0.15) is 10.4 Å². The highest BCUT2D eigenvalue weighted by molar-refractivity contribution is 7.19. The molecular weight excluding hydrogens is 284 g/mol. The second-order valence-electron chi connectivity index (χ2n) is 3.90. The number of fused-ring (bicyclic) bond motifs is 1. The molecule has 0 N–H and O–H groups in total. The lowest BCUT2D eigenvalue weighted by atomic mass is 10.3. The number of thiophene rings is 1. The van der Waals surface area contributed by atoms with Gasteiger partial charge in [0, 0.05) is 12.4 Å². The third-order valence-corrected chi connectivity index (χ3v) is 3.96. The van der Waals surface area contributed by atoms with E-state index in [0.717, 1.165) is 14.9 Å². The molecule has 0 fully saturated rings. The van der Waals surface area contributed by atoms with Crippen LogP contribution < -0.4 is 0 Å². The molecule has 4 nitrogen and oxygen atoms in total. The van der Waals surface area contributed by atoms with Crippen molar-refractivity contribution in [1.82, 2.24) is 9.38 Å². The van der Waals surface area contributed by atoms with Gasteiger partial charge in [-0.2, -0.15) is 0 Å². The number of carbonyl (C=O) groups is 1. The van der Waals surface area contributed by atoms with Gasteiger partial charge >= 0.3 is 5.97 Å². The van der Waals surface area contributed by atoms with Gasteiger partial charge in [0.2, 0.25) is 0 Å². The Labute approximate surface area is 118 Å². The summed E-state index contributed by atoms with van der Waals surface area (Å²) in [6.45, 7) is 0. The molecule has 3 rings (SSSR count). The van der Waals surface area contributed by atoms with Gasteiger partial charge < -0.3 is 9.14 Å². The number of hydrogen-bond acceptors (Lipinski definition) is 4. The Morgan fingerprint density at radius 3 is 2.95 bits per heavy atom. The summed E-state index contributed by atoms with van der Waals surface area (Å²) in [7, 11) is 1.36. The average Bonchev–Trinajstić information content (AvgIpc) is 3.02.